The number of amidine groups is 1. The van der Waals surface area contributed by atoms with Gasteiger partial charge in [0.1, 0.15) is 0 Å². The van der Waals surface area contributed by atoms with Crippen LogP contribution in [0.2, 0.25) is 0 Å². The highest BCUT2D eigenvalue weighted by Crippen LogP contribution is 2.19. The first kappa shape index (κ1) is 17.9. The van der Waals surface area contributed by atoms with E-state index in [2.05, 4.69) is 9.71 Å². The van der Waals surface area contributed by atoms with Crippen molar-refractivity contribution < 1.29 is 8.42 Å². The van der Waals surface area contributed by atoms with Gasteiger partial charge in [-0.2, -0.15) is 8.42 Å². The van der Waals surface area contributed by atoms with Crippen LogP contribution in [0.15, 0.2) is 88.2 Å². The molecule has 0 aliphatic heterocycles. The molecule has 3 aromatic carbocycles. The minimum absolute atomic E-state index is 0.163. The summed E-state index contributed by atoms with van der Waals surface area (Å²) in [6, 6.07) is 23.4. The van der Waals surface area contributed by atoms with Crippen molar-refractivity contribution in [3.63, 3.8) is 0 Å². The van der Waals surface area contributed by atoms with E-state index >= 15 is 0 Å². The maximum absolute atomic E-state index is 12.7. The highest BCUT2D eigenvalue weighted by atomic mass is 32.2. The van der Waals surface area contributed by atoms with Crippen molar-refractivity contribution in [2.24, 2.45) is 4.40 Å². The second-order valence-corrected chi connectivity index (χ2v) is 7.64. The summed E-state index contributed by atoms with van der Waals surface area (Å²) < 4.78 is 29.5. The maximum atomic E-state index is 12.7. The number of hydrogen-bond donors (Lipinski definition) is 1. The molecular weight excluding hydrogens is 344 g/mol. The normalized spacial score (nSPS) is 12.0. The first-order valence-electron chi connectivity index (χ1n) is 8.25. The molecule has 0 aliphatic carbocycles. The van der Waals surface area contributed by atoms with Gasteiger partial charge in [0.25, 0.3) is 10.0 Å². The van der Waals surface area contributed by atoms with Crippen LogP contribution in [0.4, 0.5) is 5.69 Å². The average Bonchev–Trinajstić information content (AvgIpc) is 2.64. The topological polar surface area (TPSA) is 58.5 Å². The third-order valence-electron chi connectivity index (χ3n) is 3.93. The van der Waals surface area contributed by atoms with E-state index in [0.29, 0.717) is 11.4 Å². The molecule has 3 aromatic rings. The van der Waals surface area contributed by atoms with Gasteiger partial charge in [0.2, 0.25) is 0 Å². The summed E-state index contributed by atoms with van der Waals surface area (Å²) in [5.74, 6) is 0.293. The number of nitrogens with one attached hydrogen (secondary N) is 1. The second-order valence-electron chi connectivity index (χ2n) is 6.04. The van der Waals surface area contributed by atoms with Gasteiger partial charge in [-0.15, -0.1) is 4.40 Å². The highest BCUT2D eigenvalue weighted by molar-refractivity contribution is 7.90. The molecule has 132 valence electrons. The minimum Gasteiger partial charge on any atom is -0.339 e. The van der Waals surface area contributed by atoms with Crippen LogP contribution >= 0.6 is 0 Å². The Bertz CT molecular complexity index is 1030. The first-order chi connectivity index (χ1) is 12.5. The van der Waals surface area contributed by atoms with Crippen molar-refractivity contribution in [2.45, 2.75) is 18.7 Å². The van der Waals surface area contributed by atoms with Crippen LogP contribution in [-0.4, -0.2) is 14.3 Å². The standard InChI is InChI=1S/C21H20N2O2S/c1-16-13-14-20(17(2)15-16)22-21(18-9-5-3-6-10-18)23-26(24,25)19-11-7-4-8-12-19/h3-15H,1-2H3,(H,22,23). The SMILES string of the molecule is Cc1ccc(N/C(=N\S(=O)(=O)c2ccccc2)c2ccccc2)c(C)c1. The Morgan fingerprint density at radius 3 is 2.08 bits per heavy atom. The third-order valence-corrected chi connectivity index (χ3v) is 5.23. The molecule has 0 bridgehead atoms. The van der Waals surface area contributed by atoms with Crippen LogP contribution in [0, 0.1) is 13.8 Å². The van der Waals surface area contributed by atoms with Crippen LogP contribution in [0.5, 0.6) is 0 Å². The van der Waals surface area contributed by atoms with Crippen molar-refractivity contribution in [3.8, 4) is 0 Å². The van der Waals surface area contributed by atoms with Crippen molar-refractivity contribution in [1.82, 2.24) is 0 Å². The average molecular weight is 364 g/mol. The predicted molar refractivity (Wildman–Crippen MR) is 106 cm³/mol. The molecule has 0 radical (unpaired) electrons. The fourth-order valence-corrected chi connectivity index (χ4v) is 3.59. The molecule has 0 saturated carbocycles. The zero-order chi connectivity index (χ0) is 18.6. The number of benzene rings is 3. The number of rotatable bonds is 4. The molecule has 0 spiro atoms. The van der Waals surface area contributed by atoms with Crippen LogP contribution in [0.3, 0.4) is 0 Å². The van der Waals surface area contributed by atoms with E-state index in [9.17, 15) is 8.42 Å². The van der Waals surface area contributed by atoms with E-state index in [4.69, 9.17) is 0 Å². The molecule has 5 heteroatoms. The maximum Gasteiger partial charge on any atom is 0.284 e. The lowest BCUT2D eigenvalue weighted by Gasteiger charge is -2.13. The van der Waals surface area contributed by atoms with Crippen molar-refractivity contribution >= 4 is 21.5 Å². The fraction of sp³-hybridized carbons (Fsp3) is 0.0952. The molecule has 0 aromatic heterocycles. The van der Waals surface area contributed by atoms with E-state index < -0.39 is 10.0 Å². The van der Waals surface area contributed by atoms with Gasteiger partial charge >= 0.3 is 0 Å². The fourth-order valence-electron chi connectivity index (χ4n) is 2.59. The Morgan fingerprint density at radius 2 is 1.46 bits per heavy atom. The number of anilines is 1. The number of sulfonamides is 1. The van der Waals surface area contributed by atoms with Crippen LogP contribution in [0.25, 0.3) is 0 Å². The smallest absolute Gasteiger partial charge is 0.284 e. The van der Waals surface area contributed by atoms with Crippen molar-refractivity contribution in [2.75, 3.05) is 5.32 Å². The Morgan fingerprint density at radius 1 is 0.846 bits per heavy atom. The molecule has 4 nitrogen and oxygen atoms in total. The summed E-state index contributed by atoms with van der Waals surface area (Å²) in [4.78, 5) is 0.163. The molecule has 0 heterocycles. The lowest BCUT2D eigenvalue weighted by atomic mass is 10.1. The van der Waals surface area contributed by atoms with Crippen molar-refractivity contribution in [1.29, 1.82) is 0 Å². The molecule has 3 rings (SSSR count). The Hall–Kier alpha value is -2.92. The molecule has 0 fully saturated rings. The molecular formula is C21H20N2O2S. The van der Waals surface area contributed by atoms with Crippen LogP contribution in [0.1, 0.15) is 16.7 Å². The van der Waals surface area contributed by atoms with Gasteiger partial charge in [-0.1, -0.05) is 66.2 Å². The first-order valence-corrected chi connectivity index (χ1v) is 9.69. The Balaban J connectivity index is 2.07. The molecule has 0 amide bonds. The number of nitrogens with zero attached hydrogens (tertiary/aromatic N) is 1. The zero-order valence-electron chi connectivity index (χ0n) is 14.7. The van der Waals surface area contributed by atoms with Gasteiger partial charge in [0, 0.05) is 11.3 Å². The van der Waals surface area contributed by atoms with E-state index in [-0.39, 0.29) is 4.90 Å². The quantitative estimate of drug-likeness (QED) is 0.546. The summed E-state index contributed by atoms with van der Waals surface area (Å²) in [6.07, 6.45) is 0. The molecule has 0 atom stereocenters. The summed E-state index contributed by atoms with van der Waals surface area (Å²) in [5, 5.41) is 3.19. The monoisotopic (exact) mass is 364 g/mol. The Kier molecular flexibility index (Phi) is 5.19. The van der Waals surface area contributed by atoms with E-state index in [1.54, 1.807) is 30.3 Å². The second kappa shape index (κ2) is 7.54. The van der Waals surface area contributed by atoms with Crippen LogP contribution < -0.4 is 5.32 Å². The van der Waals surface area contributed by atoms with E-state index in [1.807, 2.05) is 62.4 Å². The van der Waals surface area contributed by atoms with Gasteiger partial charge in [0.15, 0.2) is 5.84 Å². The summed E-state index contributed by atoms with van der Waals surface area (Å²) >= 11 is 0. The van der Waals surface area contributed by atoms with Crippen molar-refractivity contribution in [3.05, 3.63) is 95.6 Å². The lowest BCUT2D eigenvalue weighted by Crippen LogP contribution is -2.17. The molecule has 26 heavy (non-hydrogen) atoms. The van der Waals surface area contributed by atoms with Gasteiger partial charge < -0.3 is 5.32 Å². The van der Waals surface area contributed by atoms with Gasteiger partial charge in [-0.3, -0.25) is 0 Å². The van der Waals surface area contributed by atoms with Gasteiger partial charge in [0.05, 0.1) is 4.90 Å². The lowest BCUT2D eigenvalue weighted by molar-refractivity contribution is 0.598. The number of aryl methyl sites for hydroxylation is 2. The van der Waals surface area contributed by atoms with Gasteiger partial charge in [-0.05, 0) is 37.6 Å². The summed E-state index contributed by atoms with van der Waals surface area (Å²) in [5.41, 5.74) is 3.68. The third kappa shape index (κ3) is 4.18. The summed E-state index contributed by atoms with van der Waals surface area (Å²) in [7, 11) is -3.82. The Labute approximate surface area is 154 Å². The van der Waals surface area contributed by atoms with Crippen LogP contribution in [-0.2, 0) is 10.0 Å². The minimum atomic E-state index is -3.82. The molecule has 0 unspecified atom stereocenters. The largest absolute Gasteiger partial charge is 0.339 e. The van der Waals surface area contributed by atoms with E-state index in [1.165, 1.54) is 0 Å². The molecule has 0 saturated heterocycles. The van der Waals surface area contributed by atoms with E-state index in [0.717, 1.165) is 16.8 Å². The summed E-state index contributed by atoms with van der Waals surface area (Å²) in [6.45, 7) is 3.99. The molecule has 0 aliphatic rings. The number of hydrogen-bond acceptors (Lipinski definition) is 2. The highest BCUT2D eigenvalue weighted by Gasteiger charge is 2.16. The predicted octanol–water partition coefficient (Wildman–Crippen LogP) is 4.55. The molecule has 1 N–H and O–H groups in total. The van der Waals surface area contributed by atoms with Gasteiger partial charge in [-0.25, -0.2) is 0 Å². The zero-order valence-corrected chi connectivity index (χ0v) is 15.5.